The first-order valence-electron chi connectivity index (χ1n) is 6.03. The minimum Gasteiger partial charge on any atom is -0.477 e. The van der Waals surface area contributed by atoms with E-state index in [2.05, 4.69) is 4.98 Å². The van der Waals surface area contributed by atoms with Crippen LogP contribution in [-0.4, -0.2) is 20.6 Å². The molecular formula is C13H12N2O3S. The third-order valence-electron chi connectivity index (χ3n) is 3.16. The SMILES string of the molecule is O=C(O)c1c(-c2cccs2)ncn(CC2CC2)c1=O. The van der Waals surface area contributed by atoms with E-state index in [1.807, 2.05) is 11.4 Å². The zero-order chi connectivity index (χ0) is 13.4. The first kappa shape index (κ1) is 12.1. The smallest absolute Gasteiger partial charge is 0.343 e. The Morgan fingerprint density at radius 2 is 2.32 bits per heavy atom. The lowest BCUT2D eigenvalue weighted by atomic mass is 10.2. The fraction of sp³-hybridized carbons (Fsp3) is 0.308. The van der Waals surface area contributed by atoms with Gasteiger partial charge in [-0.25, -0.2) is 9.78 Å². The van der Waals surface area contributed by atoms with Crippen molar-refractivity contribution in [3.63, 3.8) is 0 Å². The molecule has 98 valence electrons. The Hall–Kier alpha value is -1.95. The Balaban J connectivity index is 2.12. The Morgan fingerprint density at radius 1 is 1.53 bits per heavy atom. The number of nitrogens with zero attached hydrogens (tertiary/aromatic N) is 2. The fourth-order valence-corrected chi connectivity index (χ4v) is 2.72. The predicted molar refractivity (Wildman–Crippen MR) is 71.5 cm³/mol. The summed E-state index contributed by atoms with van der Waals surface area (Å²) in [6.45, 7) is 0.566. The summed E-state index contributed by atoms with van der Waals surface area (Å²) in [5.41, 5.74) is -0.428. The normalized spacial score (nSPS) is 14.5. The highest BCUT2D eigenvalue weighted by atomic mass is 32.1. The number of hydrogen-bond donors (Lipinski definition) is 1. The van der Waals surface area contributed by atoms with Gasteiger partial charge >= 0.3 is 5.97 Å². The molecule has 0 aliphatic heterocycles. The molecule has 1 N–H and O–H groups in total. The summed E-state index contributed by atoms with van der Waals surface area (Å²) in [6, 6.07) is 3.58. The third-order valence-corrected chi connectivity index (χ3v) is 4.03. The van der Waals surface area contributed by atoms with Gasteiger partial charge in [0, 0.05) is 6.54 Å². The summed E-state index contributed by atoms with van der Waals surface area (Å²) >= 11 is 1.37. The van der Waals surface area contributed by atoms with Crippen molar-refractivity contribution in [2.24, 2.45) is 5.92 Å². The quantitative estimate of drug-likeness (QED) is 0.928. The lowest BCUT2D eigenvalue weighted by Gasteiger charge is -2.08. The average Bonchev–Trinajstić information content (AvgIpc) is 3.02. The van der Waals surface area contributed by atoms with Crippen LogP contribution >= 0.6 is 11.3 Å². The van der Waals surface area contributed by atoms with Crippen molar-refractivity contribution in [1.29, 1.82) is 0 Å². The zero-order valence-electron chi connectivity index (χ0n) is 10.1. The molecule has 1 saturated carbocycles. The molecule has 1 fully saturated rings. The molecule has 19 heavy (non-hydrogen) atoms. The molecule has 1 aliphatic carbocycles. The van der Waals surface area contributed by atoms with Gasteiger partial charge in [0.1, 0.15) is 5.69 Å². The molecule has 2 heterocycles. The van der Waals surface area contributed by atoms with Crippen molar-refractivity contribution >= 4 is 17.3 Å². The van der Waals surface area contributed by atoms with Gasteiger partial charge < -0.3 is 5.11 Å². The van der Waals surface area contributed by atoms with E-state index in [4.69, 9.17) is 0 Å². The van der Waals surface area contributed by atoms with E-state index in [1.165, 1.54) is 22.2 Å². The minimum absolute atomic E-state index is 0.231. The van der Waals surface area contributed by atoms with E-state index >= 15 is 0 Å². The second kappa shape index (κ2) is 4.62. The number of carboxylic acid groups (broad SMARTS) is 1. The second-order valence-electron chi connectivity index (χ2n) is 4.65. The van der Waals surface area contributed by atoms with Crippen LogP contribution in [0, 0.1) is 5.92 Å². The molecule has 2 aromatic rings. The number of rotatable bonds is 4. The van der Waals surface area contributed by atoms with Gasteiger partial charge in [0.25, 0.3) is 5.56 Å². The Morgan fingerprint density at radius 3 is 2.89 bits per heavy atom. The molecule has 0 bridgehead atoms. The van der Waals surface area contributed by atoms with Crippen molar-refractivity contribution in [1.82, 2.24) is 9.55 Å². The van der Waals surface area contributed by atoms with Crippen LogP contribution in [0.5, 0.6) is 0 Å². The summed E-state index contributed by atoms with van der Waals surface area (Å²) < 4.78 is 1.41. The molecule has 1 aliphatic rings. The Kier molecular flexibility index (Phi) is 2.94. The summed E-state index contributed by atoms with van der Waals surface area (Å²) in [7, 11) is 0. The van der Waals surface area contributed by atoms with Crippen LogP contribution in [-0.2, 0) is 6.54 Å². The first-order valence-corrected chi connectivity index (χ1v) is 6.91. The number of aromatic carboxylic acids is 1. The minimum atomic E-state index is -1.22. The summed E-state index contributed by atoms with van der Waals surface area (Å²) in [6.07, 6.45) is 3.66. The Bertz CT molecular complexity index is 672. The summed E-state index contributed by atoms with van der Waals surface area (Å²) in [4.78, 5) is 28.5. The van der Waals surface area contributed by atoms with Gasteiger partial charge in [-0.2, -0.15) is 0 Å². The van der Waals surface area contributed by atoms with Crippen molar-refractivity contribution in [2.45, 2.75) is 19.4 Å². The maximum Gasteiger partial charge on any atom is 0.343 e. The van der Waals surface area contributed by atoms with E-state index in [-0.39, 0.29) is 11.3 Å². The molecule has 0 amide bonds. The highest BCUT2D eigenvalue weighted by molar-refractivity contribution is 7.13. The largest absolute Gasteiger partial charge is 0.477 e. The topological polar surface area (TPSA) is 72.2 Å². The molecule has 0 unspecified atom stereocenters. The molecule has 2 aromatic heterocycles. The summed E-state index contributed by atoms with van der Waals surface area (Å²) in [5, 5.41) is 11.1. The molecule has 6 heteroatoms. The molecular weight excluding hydrogens is 264 g/mol. The average molecular weight is 276 g/mol. The van der Waals surface area contributed by atoms with E-state index in [1.54, 1.807) is 6.07 Å². The van der Waals surface area contributed by atoms with Crippen LogP contribution < -0.4 is 5.56 Å². The van der Waals surface area contributed by atoms with Gasteiger partial charge in [0.15, 0.2) is 5.56 Å². The van der Waals surface area contributed by atoms with Gasteiger partial charge in [-0.05, 0) is 30.2 Å². The van der Waals surface area contributed by atoms with Crippen LogP contribution in [0.15, 0.2) is 28.6 Å². The molecule has 0 atom stereocenters. The van der Waals surface area contributed by atoms with Crippen molar-refractivity contribution in [3.05, 3.63) is 39.8 Å². The molecule has 3 rings (SSSR count). The lowest BCUT2D eigenvalue weighted by Crippen LogP contribution is -2.28. The second-order valence-corrected chi connectivity index (χ2v) is 5.60. The van der Waals surface area contributed by atoms with Gasteiger partial charge in [-0.1, -0.05) is 6.07 Å². The van der Waals surface area contributed by atoms with Crippen molar-refractivity contribution < 1.29 is 9.90 Å². The van der Waals surface area contributed by atoms with E-state index in [0.29, 0.717) is 17.3 Å². The van der Waals surface area contributed by atoms with Crippen LogP contribution in [0.4, 0.5) is 0 Å². The highest BCUT2D eigenvalue weighted by Crippen LogP contribution is 2.30. The van der Waals surface area contributed by atoms with E-state index in [9.17, 15) is 14.7 Å². The third kappa shape index (κ3) is 2.31. The van der Waals surface area contributed by atoms with Crippen LogP contribution in [0.1, 0.15) is 23.2 Å². The number of hydrogen-bond acceptors (Lipinski definition) is 4. The molecule has 5 nitrogen and oxygen atoms in total. The maximum atomic E-state index is 12.2. The number of carboxylic acids is 1. The molecule has 0 aromatic carbocycles. The number of thiophene rings is 1. The predicted octanol–water partition coefficient (Wildman–Crippen LogP) is 2.08. The van der Waals surface area contributed by atoms with Crippen molar-refractivity contribution in [2.75, 3.05) is 0 Å². The fourth-order valence-electron chi connectivity index (χ4n) is 1.99. The molecule has 0 radical (unpaired) electrons. The molecule has 0 saturated heterocycles. The maximum absolute atomic E-state index is 12.2. The van der Waals surface area contributed by atoms with Crippen molar-refractivity contribution in [3.8, 4) is 10.6 Å². The standard InChI is InChI=1S/C13H12N2O3S/c16-12-10(13(17)18)11(9-2-1-5-19-9)14-7-15(12)6-8-3-4-8/h1-2,5,7-8H,3-4,6H2,(H,17,18). The Labute approximate surface area is 113 Å². The van der Waals surface area contributed by atoms with Gasteiger partial charge in [0.2, 0.25) is 0 Å². The number of carbonyl (C=O) groups is 1. The number of aromatic nitrogens is 2. The lowest BCUT2D eigenvalue weighted by molar-refractivity contribution is 0.0694. The van der Waals surface area contributed by atoms with Gasteiger partial charge in [0.05, 0.1) is 11.2 Å². The monoisotopic (exact) mass is 276 g/mol. The zero-order valence-corrected chi connectivity index (χ0v) is 10.9. The van der Waals surface area contributed by atoms with E-state index in [0.717, 1.165) is 12.8 Å². The first-order chi connectivity index (χ1) is 9.16. The molecule has 0 spiro atoms. The summed E-state index contributed by atoms with van der Waals surface area (Å²) in [5.74, 6) is -0.722. The van der Waals surface area contributed by atoms with Crippen LogP contribution in [0.3, 0.4) is 0 Å². The van der Waals surface area contributed by atoms with Gasteiger partial charge in [-0.15, -0.1) is 11.3 Å². The highest BCUT2D eigenvalue weighted by Gasteiger charge is 2.25. The van der Waals surface area contributed by atoms with Crippen LogP contribution in [0.2, 0.25) is 0 Å². The van der Waals surface area contributed by atoms with Crippen LogP contribution in [0.25, 0.3) is 10.6 Å². The van der Waals surface area contributed by atoms with Gasteiger partial charge in [-0.3, -0.25) is 9.36 Å². The van der Waals surface area contributed by atoms with E-state index < -0.39 is 11.5 Å².